The Bertz CT molecular complexity index is 559. The second-order valence-corrected chi connectivity index (χ2v) is 5.05. The summed E-state index contributed by atoms with van der Waals surface area (Å²) in [6.07, 6.45) is 0.441. The molecule has 7 heteroatoms. The molecule has 6 nitrogen and oxygen atoms in total. The number of benzene rings is 1. The van der Waals surface area contributed by atoms with E-state index in [1.54, 1.807) is 6.07 Å². The van der Waals surface area contributed by atoms with E-state index in [4.69, 9.17) is 0 Å². The molecular weight excluding hydrogens is 316 g/mol. The van der Waals surface area contributed by atoms with Gasteiger partial charge in [-0.3, -0.25) is 19.7 Å². The SMILES string of the molecule is O=C1CCC(NC(=O)c2ccc(Br)cc2O)C(=O)N1. The van der Waals surface area contributed by atoms with Gasteiger partial charge in [-0.2, -0.15) is 0 Å². The van der Waals surface area contributed by atoms with E-state index in [0.29, 0.717) is 4.47 Å². The standard InChI is InChI=1S/C12H11BrN2O4/c13-6-1-2-7(9(16)5-6)11(18)14-8-3-4-10(17)15-12(8)19/h1-2,5,8,16H,3-4H2,(H,14,18)(H,15,17,19). The summed E-state index contributed by atoms with van der Waals surface area (Å²) in [5.74, 6) is -1.61. The number of amides is 3. The maximum absolute atomic E-state index is 11.9. The number of aromatic hydroxyl groups is 1. The number of rotatable bonds is 2. The Labute approximate surface area is 117 Å². The van der Waals surface area contributed by atoms with Crippen LogP contribution in [0.15, 0.2) is 22.7 Å². The summed E-state index contributed by atoms with van der Waals surface area (Å²) >= 11 is 3.17. The third-order valence-corrected chi connectivity index (χ3v) is 3.24. The second-order valence-electron chi connectivity index (χ2n) is 4.14. The van der Waals surface area contributed by atoms with Crippen molar-refractivity contribution in [1.29, 1.82) is 0 Å². The number of carbonyl (C=O) groups excluding carboxylic acids is 3. The second kappa shape index (κ2) is 5.40. The van der Waals surface area contributed by atoms with Crippen molar-refractivity contribution in [2.24, 2.45) is 0 Å². The van der Waals surface area contributed by atoms with Crippen LogP contribution < -0.4 is 10.6 Å². The van der Waals surface area contributed by atoms with Crippen LogP contribution in [0.5, 0.6) is 5.75 Å². The fourth-order valence-electron chi connectivity index (χ4n) is 1.76. The minimum Gasteiger partial charge on any atom is -0.507 e. The molecule has 1 saturated heterocycles. The molecule has 1 fully saturated rings. The summed E-state index contributed by atoms with van der Waals surface area (Å²) in [5, 5.41) is 14.3. The van der Waals surface area contributed by atoms with E-state index in [9.17, 15) is 19.5 Å². The van der Waals surface area contributed by atoms with E-state index in [1.165, 1.54) is 12.1 Å². The largest absolute Gasteiger partial charge is 0.507 e. The third-order valence-electron chi connectivity index (χ3n) is 2.75. The maximum Gasteiger partial charge on any atom is 0.255 e. The molecule has 0 aliphatic carbocycles. The molecule has 1 atom stereocenters. The zero-order chi connectivity index (χ0) is 14.0. The highest BCUT2D eigenvalue weighted by Crippen LogP contribution is 2.22. The molecule has 0 radical (unpaired) electrons. The Hall–Kier alpha value is -1.89. The van der Waals surface area contributed by atoms with Crippen molar-refractivity contribution < 1.29 is 19.5 Å². The number of carbonyl (C=O) groups is 3. The summed E-state index contributed by atoms with van der Waals surface area (Å²) in [6, 6.07) is 3.69. The Morgan fingerprint density at radius 3 is 2.79 bits per heavy atom. The lowest BCUT2D eigenvalue weighted by Gasteiger charge is -2.21. The molecule has 3 amide bonds. The summed E-state index contributed by atoms with van der Waals surface area (Å²) in [7, 11) is 0. The first-order valence-electron chi connectivity index (χ1n) is 5.60. The maximum atomic E-state index is 11.9. The quantitative estimate of drug-likeness (QED) is 0.697. The zero-order valence-corrected chi connectivity index (χ0v) is 11.4. The van der Waals surface area contributed by atoms with Crippen LogP contribution in [0.1, 0.15) is 23.2 Å². The average molecular weight is 327 g/mol. The van der Waals surface area contributed by atoms with E-state index in [-0.39, 0.29) is 30.1 Å². The van der Waals surface area contributed by atoms with Crippen molar-refractivity contribution in [1.82, 2.24) is 10.6 Å². The van der Waals surface area contributed by atoms with Crippen molar-refractivity contribution in [2.75, 3.05) is 0 Å². The van der Waals surface area contributed by atoms with Crippen molar-refractivity contribution in [2.45, 2.75) is 18.9 Å². The fourth-order valence-corrected chi connectivity index (χ4v) is 2.11. The van der Waals surface area contributed by atoms with Gasteiger partial charge < -0.3 is 10.4 Å². The highest BCUT2D eigenvalue weighted by atomic mass is 79.9. The first-order valence-corrected chi connectivity index (χ1v) is 6.40. The molecule has 2 rings (SSSR count). The first-order chi connectivity index (χ1) is 8.97. The molecule has 1 aromatic carbocycles. The van der Waals surface area contributed by atoms with Crippen LogP contribution in [0.4, 0.5) is 0 Å². The molecular formula is C12H11BrN2O4. The van der Waals surface area contributed by atoms with Crippen molar-refractivity contribution in [3.63, 3.8) is 0 Å². The highest BCUT2D eigenvalue weighted by Gasteiger charge is 2.28. The molecule has 1 aliphatic heterocycles. The van der Waals surface area contributed by atoms with Crippen LogP contribution in [0.3, 0.4) is 0 Å². The molecule has 1 heterocycles. The van der Waals surface area contributed by atoms with Gasteiger partial charge in [-0.15, -0.1) is 0 Å². The molecule has 0 aromatic heterocycles. The monoisotopic (exact) mass is 326 g/mol. The van der Waals surface area contributed by atoms with Crippen molar-refractivity contribution >= 4 is 33.7 Å². The van der Waals surface area contributed by atoms with Gasteiger partial charge in [0.05, 0.1) is 5.56 Å². The number of nitrogens with one attached hydrogen (secondary N) is 2. The average Bonchev–Trinajstić information content (AvgIpc) is 2.32. The lowest BCUT2D eigenvalue weighted by molar-refractivity contribution is -0.134. The molecule has 0 saturated carbocycles. The number of piperidine rings is 1. The van der Waals surface area contributed by atoms with Crippen LogP contribution in [0.2, 0.25) is 0 Å². The summed E-state index contributed by atoms with van der Waals surface area (Å²) in [5.41, 5.74) is 0.0768. The summed E-state index contributed by atoms with van der Waals surface area (Å²) in [6.45, 7) is 0. The van der Waals surface area contributed by atoms with Crippen molar-refractivity contribution in [3.8, 4) is 5.75 Å². The molecule has 1 aliphatic rings. The van der Waals surface area contributed by atoms with Crippen LogP contribution in [-0.2, 0) is 9.59 Å². The number of phenols is 1. The van der Waals surface area contributed by atoms with Gasteiger partial charge >= 0.3 is 0 Å². The van der Waals surface area contributed by atoms with Gasteiger partial charge in [-0.25, -0.2) is 0 Å². The van der Waals surface area contributed by atoms with E-state index in [1.807, 2.05) is 0 Å². The predicted octanol–water partition coefficient (Wildman–Crippen LogP) is 0.690. The number of hydrogen-bond acceptors (Lipinski definition) is 4. The number of halogens is 1. The van der Waals surface area contributed by atoms with E-state index in [2.05, 4.69) is 26.6 Å². The Morgan fingerprint density at radius 2 is 2.16 bits per heavy atom. The summed E-state index contributed by atoms with van der Waals surface area (Å²) < 4.78 is 0.641. The zero-order valence-electron chi connectivity index (χ0n) is 9.77. The van der Waals surface area contributed by atoms with Gasteiger partial charge in [0.25, 0.3) is 5.91 Å². The number of hydrogen-bond donors (Lipinski definition) is 3. The van der Waals surface area contributed by atoms with Crippen LogP contribution >= 0.6 is 15.9 Å². The Balaban J connectivity index is 2.09. The van der Waals surface area contributed by atoms with E-state index in [0.717, 1.165) is 0 Å². The predicted molar refractivity (Wildman–Crippen MR) is 69.4 cm³/mol. The molecule has 1 aromatic rings. The minimum atomic E-state index is -0.756. The van der Waals surface area contributed by atoms with Gasteiger partial charge in [-0.1, -0.05) is 15.9 Å². The fraction of sp³-hybridized carbons (Fsp3) is 0.250. The molecule has 1 unspecified atom stereocenters. The highest BCUT2D eigenvalue weighted by molar-refractivity contribution is 9.10. The van der Waals surface area contributed by atoms with E-state index < -0.39 is 17.9 Å². The van der Waals surface area contributed by atoms with Gasteiger partial charge in [-0.05, 0) is 24.6 Å². The van der Waals surface area contributed by atoms with Crippen LogP contribution in [0.25, 0.3) is 0 Å². The molecule has 19 heavy (non-hydrogen) atoms. The van der Waals surface area contributed by atoms with Gasteiger partial charge in [0.15, 0.2) is 0 Å². The molecule has 3 N–H and O–H groups in total. The van der Waals surface area contributed by atoms with Crippen LogP contribution in [-0.4, -0.2) is 28.9 Å². The topological polar surface area (TPSA) is 95.5 Å². The van der Waals surface area contributed by atoms with Crippen LogP contribution in [0, 0.1) is 0 Å². The normalized spacial score (nSPS) is 18.9. The third kappa shape index (κ3) is 3.11. The van der Waals surface area contributed by atoms with Crippen molar-refractivity contribution in [3.05, 3.63) is 28.2 Å². The Kier molecular flexibility index (Phi) is 3.84. The van der Waals surface area contributed by atoms with Gasteiger partial charge in [0.1, 0.15) is 11.8 Å². The summed E-state index contributed by atoms with van der Waals surface area (Å²) in [4.78, 5) is 34.4. The molecule has 100 valence electrons. The lowest BCUT2D eigenvalue weighted by Crippen LogP contribution is -2.52. The first kappa shape index (κ1) is 13.5. The van der Waals surface area contributed by atoms with Gasteiger partial charge in [0.2, 0.25) is 11.8 Å². The molecule has 0 bridgehead atoms. The Morgan fingerprint density at radius 1 is 1.42 bits per heavy atom. The minimum absolute atomic E-state index is 0.0768. The lowest BCUT2D eigenvalue weighted by atomic mass is 10.1. The molecule has 0 spiro atoms. The smallest absolute Gasteiger partial charge is 0.255 e. The number of phenolic OH excluding ortho intramolecular Hbond substituents is 1. The van der Waals surface area contributed by atoms with E-state index >= 15 is 0 Å². The number of imide groups is 1. The van der Waals surface area contributed by atoms with Gasteiger partial charge in [0, 0.05) is 10.9 Å².